The smallest absolute Gasteiger partial charge is 0.244 e. The average Bonchev–Trinajstić information content (AvgIpc) is 3.10. The Labute approximate surface area is 140 Å². The Morgan fingerprint density at radius 1 is 1.33 bits per heavy atom. The summed E-state index contributed by atoms with van der Waals surface area (Å²) >= 11 is 0. The van der Waals surface area contributed by atoms with E-state index in [0.29, 0.717) is 30.4 Å². The molecule has 0 radical (unpaired) electrons. The van der Waals surface area contributed by atoms with Crippen LogP contribution in [0.25, 0.3) is 0 Å². The first-order chi connectivity index (χ1) is 11.5. The lowest BCUT2D eigenvalue weighted by Crippen LogP contribution is -2.41. The van der Waals surface area contributed by atoms with Gasteiger partial charge in [-0.3, -0.25) is 4.79 Å². The normalized spacial score (nSPS) is 20.4. The van der Waals surface area contributed by atoms with Gasteiger partial charge in [0.15, 0.2) is 0 Å². The minimum Gasteiger partial charge on any atom is -0.491 e. The van der Waals surface area contributed by atoms with E-state index in [0.717, 1.165) is 0 Å². The van der Waals surface area contributed by atoms with Crippen molar-refractivity contribution in [2.75, 3.05) is 19.7 Å². The Balaban J connectivity index is 1.55. The molecule has 2 aromatic rings. The number of hydrogen-bond donors (Lipinski definition) is 1. The topological polar surface area (TPSA) is 80.5 Å². The zero-order valence-electron chi connectivity index (χ0n) is 14.0. The van der Waals surface area contributed by atoms with Crippen LogP contribution in [-0.4, -0.2) is 56.0 Å². The summed E-state index contributed by atoms with van der Waals surface area (Å²) in [5.74, 6) is 2.00. The summed E-state index contributed by atoms with van der Waals surface area (Å²) in [6.45, 7) is 4.71. The third-order valence-corrected chi connectivity index (χ3v) is 4.18. The number of β-amino-alcohol motifs (C(OH)–C–C–N with tert-alkyl or cyclic N) is 1. The fourth-order valence-corrected chi connectivity index (χ4v) is 2.86. The molecule has 0 aliphatic carbocycles. The van der Waals surface area contributed by atoms with Crippen molar-refractivity contribution in [2.45, 2.75) is 32.4 Å². The molecule has 1 N–H and O–H groups in total. The van der Waals surface area contributed by atoms with Gasteiger partial charge in [-0.25, -0.2) is 9.67 Å². The molecule has 1 aliphatic rings. The highest BCUT2D eigenvalue weighted by Crippen LogP contribution is 2.23. The summed E-state index contributed by atoms with van der Waals surface area (Å²) in [5.41, 5.74) is -1.02. The van der Waals surface area contributed by atoms with E-state index in [1.165, 1.54) is 0 Å². The number of aliphatic hydroxyl groups is 1. The summed E-state index contributed by atoms with van der Waals surface area (Å²) in [6.07, 6.45) is 0.501. The fourth-order valence-electron chi connectivity index (χ4n) is 2.86. The molecular formula is C17H22N4O3. The van der Waals surface area contributed by atoms with E-state index in [1.54, 1.807) is 16.5 Å². The first-order valence-electron chi connectivity index (χ1n) is 8.01. The molecule has 7 heteroatoms. The van der Waals surface area contributed by atoms with Crippen LogP contribution in [0, 0.1) is 13.8 Å². The van der Waals surface area contributed by atoms with E-state index in [9.17, 15) is 9.90 Å². The standard InChI is InChI=1S/C17H22N4O3/c1-13-18-14(2)21(19-13)10-16(22)20-9-8-17(23,11-20)12-24-15-6-4-3-5-7-15/h3-7,23H,8-12H2,1-2H3/t17-/m1/s1. The number of rotatable bonds is 5. The van der Waals surface area contributed by atoms with Crippen LogP contribution >= 0.6 is 0 Å². The number of hydrogen-bond acceptors (Lipinski definition) is 5. The quantitative estimate of drug-likeness (QED) is 0.882. The number of benzene rings is 1. The molecule has 1 fully saturated rings. The van der Waals surface area contributed by atoms with Crippen molar-refractivity contribution in [2.24, 2.45) is 0 Å². The van der Waals surface area contributed by atoms with Gasteiger partial charge in [-0.15, -0.1) is 0 Å². The van der Waals surface area contributed by atoms with Crippen LogP contribution in [0.2, 0.25) is 0 Å². The number of nitrogens with zero attached hydrogens (tertiary/aromatic N) is 4. The first kappa shape index (κ1) is 16.4. The number of para-hydroxylation sites is 1. The predicted molar refractivity (Wildman–Crippen MR) is 87.6 cm³/mol. The molecule has 7 nitrogen and oxygen atoms in total. The van der Waals surface area contributed by atoms with Gasteiger partial charge in [-0.1, -0.05) is 18.2 Å². The van der Waals surface area contributed by atoms with Gasteiger partial charge in [0.25, 0.3) is 0 Å². The molecule has 1 aromatic carbocycles. The lowest BCUT2D eigenvalue weighted by Gasteiger charge is -2.23. The molecule has 0 spiro atoms. The van der Waals surface area contributed by atoms with Gasteiger partial charge in [0.1, 0.15) is 36.2 Å². The molecule has 1 amide bonds. The van der Waals surface area contributed by atoms with Crippen LogP contribution in [0.4, 0.5) is 0 Å². The molecule has 3 rings (SSSR count). The van der Waals surface area contributed by atoms with Gasteiger partial charge in [0, 0.05) is 6.54 Å². The number of amides is 1. The Bertz CT molecular complexity index is 716. The van der Waals surface area contributed by atoms with Crippen molar-refractivity contribution < 1.29 is 14.6 Å². The monoisotopic (exact) mass is 330 g/mol. The molecule has 0 saturated carbocycles. The summed E-state index contributed by atoms with van der Waals surface area (Å²) in [7, 11) is 0. The highest BCUT2D eigenvalue weighted by molar-refractivity contribution is 5.76. The van der Waals surface area contributed by atoms with Crippen LogP contribution < -0.4 is 4.74 Å². The fraction of sp³-hybridized carbons (Fsp3) is 0.471. The van der Waals surface area contributed by atoms with Crippen LogP contribution in [0.3, 0.4) is 0 Å². The molecule has 24 heavy (non-hydrogen) atoms. The van der Waals surface area contributed by atoms with Gasteiger partial charge in [-0.05, 0) is 32.4 Å². The second-order valence-corrected chi connectivity index (χ2v) is 6.26. The maximum atomic E-state index is 12.4. The number of likely N-dealkylation sites (tertiary alicyclic amines) is 1. The van der Waals surface area contributed by atoms with Crippen LogP contribution in [0.5, 0.6) is 5.75 Å². The summed E-state index contributed by atoms with van der Waals surface area (Å²) in [4.78, 5) is 18.3. The maximum absolute atomic E-state index is 12.4. The lowest BCUT2D eigenvalue weighted by atomic mass is 10.1. The van der Waals surface area contributed by atoms with Crippen LogP contribution in [0.15, 0.2) is 30.3 Å². The second-order valence-electron chi connectivity index (χ2n) is 6.26. The van der Waals surface area contributed by atoms with Crippen LogP contribution in [-0.2, 0) is 11.3 Å². The summed E-state index contributed by atoms with van der Waals surface area (Å²) in [6, 6.07) is 9.36. The molecular weight excluding hydrogens is 308 g/mol. The zero-order chi connectivity index (χ0) is 17.2. The third kappa shape index (κ3) is 3.73. The SMILES string of the molecule is Cc1nc(C)n(CC(=O)N2CC[C@](O)(COc3ccccc3)C2)n1. The Morgan fingerprint density at radius 2 is 2.08 bits per heavy atom. The molecule has 1 aromatic heterocycles. The summed E-state index contributed by atoms with van der Waals surface area (Å²) < 4.78 is 7.24. The first-order valence-corrected chi connectivity index (χ1v) is 8.01. The summed E-state index contributed by atoms with van der Waals surface area (Å²) in [5, 5.41) is 14.8. The Kier molecular flexibility index (Phi) is 4.53. The van der Waals surface area contributed by atoms with Crippen molar-refractivity contribution in [3.8, 4) is 5.75 Å². The van der Waals surface area contributed by atoms with E-state index in [4.69, 9.17) is 4.74 Å². The molecule has 0 bridgehead atoms. The van der Waals surface area contributed by atoms with Gasteiger partial charge in [0.05, 0.1) is 6.54 Å². The maximum Gasteiger partial charge on any atom is 0.244 e. The highest BCUT2D eigenvalue weighted by atomic mass is 16.5. The van der Waals surface area contributed by atoms with Crippen molar-refractivity contribution in [3.63, 3.8) is 0 Å². The molecule has 2 heterocycles. The zero-order valence-corrected chi connectivity index (χ0v) is 14.0. The van der Waals surface area contributed by atoms with E-state index in [1.807, 2.05) is 37.3 Å². The second kappa shape index (κ2) is 6.60. The van der Waals surface area contributed by atoms with E-state index in [2.05, 4.69) is 10.1 Å². The van der Waals surface area contributed by atoms with E-state index >= 15 is 0 Å². The number of carbonyl (C=O) groups excluding carboxylic acids is 1. The van der Waals surface area contributed by atoms with Crippen LogP contribution in [0.1, 0.15) is 18.1 Å². The average molecular weight is 330 g/mol. The van der Waals surface area contributed by atoms with Gasteiger partial charge in [-0.2, -0.15) is 5.10 Å². The number of carbonyl (C=O) groups is 1. The van der Waals surface area contributed by atoms with Crippen molar-refractivity contribution in [3.05, 3.63) is 42.0 Å². The predicted octanol–water partition coefficient (Wildman–Crippen LogP) is 0.937. The molecule has 1 aliphatic heterocycles. The Morgan fingerprint density at radius 3 is 2.75 bits per heavy atom. The third-order valence-electron chi connectivity index (χ3n) is 4.18. The van der Waals surface area contributed by atoms with Gasteiger partial charge >= 0.3 is 0 Å². The number of aromatic nitrogens is 3. The molecule has 1 saturated heterocycles. The van der Waals surface area contributed by atoms with Gasteiger partial charge < -0.3 is 14.7 Å². The molecule has 0 unspecified atom stereocenters. The largest absolute Gasteiger partial charge is 0.491 e. The van der Waals surface area contributed by atoms with Crippen molar-refractivity contribution >= 4 is 5.91 Å². The van der Waals surface area contributed by atoms with E-state index in [-0.39, 0.29) is 25.6 Å². The minimum atomic E-state index is -1.02. The number of ether oxygens (including phenoxy) is 1. The molecule has 128 valence electrons. The molecule has 1 atom stereocenters. The highest BCUT2D eigenvalue weighted by Gasteiger charge is 2.39. The van der Waals surface area contributed by atoms with Crippen molar-refractivity contribution in [1.29, 1.82) is 0 Å². The number of aryl methyl sites for hydroxylation is 2. The Hall–Kier alpha value is -2.41. The minimum absolute atomic E-state index is 0.0707. The van der Waals surface area contributed by atoms with E-state index < -0.39 is 5.60 Å². The van der Waals surface area contributed by atoms with Crippen molar-refractivity contribution in [1.82, 2.24) is 19.7 Å². The van der Waals surface area contributed by atoms with Gasteiger partial charge in [0.2, 0.25) is 5.91 Å². The lowest BCUT2D eigenvalue weighted by molar-refractivity contribution is -0.132.